The molecule has 0 aromatic heterocycles. The maximum Gasteiger partial charge on any atom is 0.317 e. The number of hydrogen-bond donors (Lipinski definition) is 1. The molecule has 5 nitrogen and oxygen atoms in total. The van der Waals surface area contributed by atoms with Crippen molar-refractivity contribution >= 4 is 6.03 Å². The van der Waals surface area contributed by atoms with Crippen LogP contribution < -0.4 is 5.32 Å². The fourth-order valence-corrected chi connectivity index (χ4v) is 3.47. The van der Waals surface area contributed by atoms with Gasteiger partial charge in [-0.05, 0) is 38.5 Å². The summed E-state index contributed by atoms with van der Waals surface area (Å²) in [5.41, 5.74) is 0.250. The molecule has 122 valence electrons. The molecule has 2 fully saturated rings. The number of urea groups is 1. The lowest BCUT2D eigenvalue weighted by Crippen LogP contribution is -2.52. The second kappa shape index (κ2) is 7.99. The number of hydrogen-bond acceptors (Lipinski definition) is 3. The van der Waals surface area contributed by atoms with Crippen LogP contribution in [0.1, 0.15) is 46.0 Å². The van der Waals surface area contributed by atoms with Crippen molar-refractivity contribution in [3.8, 4) is 0 Å². The van der Waals surface area contributed by atoms with Crippen molar-refractivity contribution in [3.05, 3.63) is 0 Å². The Hall–Kier alpha value is -0.810. The van der Waals surface area contributed by atoms with Crippen molar-refractivity contribution in [2.45, 2.75) is 52.0 Å². The molecule has 2 aliphatic rings. The Bertz CT molecular complexity index is 329. The molecule has 0 aromatic rings. The number of carbonyl (C=O) groups is 1. The Balaban J connectivity index is 1.82. The largest absolute Gasteiger partial charge is 0.382 e. The Labute approximate surface area is 128 Å². The lowest BCUT2D eigenvalue weighted by molar-refractivity contribution is 0.0180. The minimum atomic E-state index is 0.0634. The average Bonchev–Trinajstić information content (AvgIpc) is 2.95. The number of nitrogens with zero attached hydrogens (tertiary/aromatic N) is 1. The molecule has 1 aliphatic carbocycles. The number of rotatable bonds is 6. The molecule has 5 heteroatoms. The highest BCUT2D eigenvalue weighted by Crippen LogP contribution is 2.40. The van der Waals surface area contributed by atoms with Crippen LogP contribution in [0.5, 0.6) is 0 Å². The minimum absolute atomic E-state index is 0.0634. The van der Waals surface area contributed by atoms with Gasteiger partial charge in [0.2, 0.25) is 0 Å². The molecular weight excluding hydrogens is 268 g/mol. The maximum absolute atomic E-state index is 12.4. The lowest BCUT2D eigenvalue weighted by Gasteiger charge is -2.35. The van der Waals surface area contributed by atoms with E-state index in [1.54, 1.807) is 0 Å². The predicted molar refractivity (Wildman–Crippen MR) is 82.4 cm³/mol. The Morgan fingerprint density at radius 3 is 2.86 bits per heavy atom. The van der Waals surface area contributed by atoms with E-state index < -0.39 is 0 Å². The van der Waals surface area contributed by atoms with Crippen LogP contribution in [0.25, 0.3) is 0 Å². The van der Waals surface area contributed by atoms with Gasteiger partial charge in [-0.2, -0.15) is 0 Å². The Morgan fingerprint density at radius 1 is 1.43 bits per heavy atom. The van der Waals surface area contributed by atoms with E-state index in [1.165, 1.54) is 25.7 Å². The molecule has 2 rings (SSSR count). The van der Waals surface area contributed by atoms with Crippen LogP contribution in [0, 0.1) is 5.41 Å². The van der Waals surface area contributed by atoms with Gasteiger partial charge < -0.3 is 19.7 Å². The molecule has 1 saturated carbocycles. The summed E-state index contributed by atoms with van der Waals surface area (Å²) in [6.07, 6.45) is 6.02. The number of ether oxygens (including phenoxy) is 2. The van der Waals surface area contributed by atoms with Crippen molar-refractivity contribution in [2.24, 2.45) is 5.41 Å². The second-order valence-corrected chi connectivity index (χ2v) is 6.43. The van der Waals surface area contributed by atoms with E-state index in [9.17, 15) is 4.79 Å². The molecule has 1 N–H and O–H groups in total. The number of nitrogens with one attached hydrogen (secondary N) is 1. The van der Waals surface area contributed by atoms with E-state index in [4.69, 9.17) is 9.47 Å². The van der Waals surface area contributed by atoms with Gasteiger partial charge in [-0.3, -0.25) is 0 Å². The van der Waals surface area contributed by atoms with Crippen LogP contribution in [0.4, 0.5) is 4.79 Å². The summed E-state index contributed by atoms with van der Waals surface area (Å²) in [6, 6.07) is 0.232. The maximum atomic E-state index is 12.4. The van der Waals surface area contributed by atoms with Crippen LogP contribution in [0.2, 0.25) is 0 Å². The molecule has 1 saturated heterocycles. The minimum Gasteiger partial charge on any atom is -0.382 e. The third kappa shape index (κ3) is 4.58. The molecule has 0 spiro atoms. The number of carbonyl (C=O) groups excluding carboxylic acids is 1. The van der Waals surface area contributed by atoms with Gasteiger partial charge in [-0.1, -0.05) is 12.8 Å². The Morgan fingerprint density at radius 2 is 2.19 bits per heavy atom. The molecular formula is C16H30N2O3. The fraction of sp³-hybridized carbons (Fsp3) is 0.938. The molecule has 21 heavy (non-hydrogen) atoms. The van der Waals surface area contributed by atoms with Crippen LogP contribution >= 0.6 is 0 Å². The summed E-state index contributed by atoms with van der Waals surface area (Å²) in [5, 5.41) is 3.17. The van der Waals surface area contributed by atoms with Gasteiger partial charge in [0.1, 0.15) is 0 Å². The quantitative estimate of drug-likeness (QED) is 0.766. The van der Waals surface area contributed by atoms with Gasteiger partial charge >= 0.3 is 6.03 Å². The van der Waals surface area contributed by atoms with Crippen molar-refractivity contribution in [3.63, 3.8) is 0 Å². The van der Waals surface area contributed by atoms with Crippen LogP contribution in [0.15, 0.2) is 0 Å². The summed E-state index contributed by atoms with van der Waals surface area (Å²) in [5.74, 6) is 0. The van der Waals surface area contributed by atoms with Gasteiger partial charge in [0.25, 0.3) is 0 Å². The first kappa shape index (κ1) is 16.6. The summed E-state index contributed by atoms with van der Waals surface area (Å²) >= 11 is 0. The standard InChI is InChI=1S/C16H30N2O3/c1-3-20-10-8-16(6-4-5-7-16)13-17-15(19)18-9-11-21-12-14(18)2/h14H,3-13H2,1-2H3,(H,17,19)/t14-/m0/s1. The number of amides is 2. The van der Waals surface area contributed by atoms with Gasteiger partial charge in [0.05, 0.1) is 19.3 Å². The normalized spacial score (nSPS) is 25.0. The average molecular weight is 298 g/mol. The number of morpholine rings is 1. The van der Waals surface area contributed by atoms with Crippen molar-refractivity contribution in [2.75, 3.05) is 39.5 Å². The zero-order chi connectivity index (χ0) is 15.1. The highest BCUT2D eigenvalue weighted by atomic mass is 16.5. The van der Waals surface area contributed by atoms with E-state index in [1.807, 2.05) is 18.7 Å². The summed E-state index contributed by atoms with van der Waals surface area (Å²) < 4.78 is 10.9. The highest BCUT2D eigenvalue weighted by Gasteiger charge is 2.34. The monoisotopic (exact) mass is 298 g/mol. The summed E-state index contributed by atoms with van der Waals surface area (Å²) in [6.45, 7) is 8.41. The zero-order valence-corrected chi connectivity index (χ0v) is 13.5. The fourth-order valence-electron chi connectivity index (χ4n) is 3.47. The van der Waals surface area contributed by atoms with Gasteiger partial charge in [0.15, 0.2) is 0 Å². The molecule has 1 aliphatic heterocycles. The molecule has 0 unspecified atom stereocenters. The smallest absolute Gasteiger partial charge is 0.317 e. The van der Waals surface area contributed by atoms with E-state index in [0.717, 1.165) is 26.2 Å². The van der Waals surface area contributed by atoms with E-state index in [2.05, 4.69) is 5.32 Å². The molecule has 0 radical (unpaired) electrons. The third-order valence-corrected chi connectivity index (χ3v) is 4.89. The van der Waals surface area contributed by atoms with E-state index in [0.29, 0.717) is 19.8 Å². The second-order valence-electron chi connectivity index (χ2n) is 6.43. The predicted octanol–water partition coefficient (Wildman–Crippen LogP) is 2.40. The first-order valence-electron chi connectivity index (χ1n) is 8.37. The molecule has 2 amide bonds. The van der Waals surface area contributed by atoms with Crippen LogP contribution in [-0.4, -0.2) is 56.5 Å². The van der Waals surface area contributed by atoms with Crippen LogP contribution in [-0.2, 0) is 9.47 Å². The first-order chi connectivity index (χ1) is 10.2. The SMILES string of the molecule is CCOCCC1(CNC(=O)N2CCOC[C@@H]2C)CCCC1. The zero-order valence-electron chi connectivity index (χ0n) is 13.5. The summed E-state index contributed by atoms with van der Waals surface area (Å²) in [7, 11) is 0. The first-order valence-corrected chi connectivity index (χ1v) is 8.37. The topological polar surface area (TPSA) is 50.8 Å². The molecule has 1 heterocycles. The highest BCUT2D eigenvalue weighted by molar-refractivity contribution is 5.74. The van der Waals surface area contributed by atoms with E-state index in [-0.39, 0.29) is 17.5 Å². The molecule has 0 bridgehead atoms. The molecule has 1 atom stereocenters. The van der Waals surface area contributed by atoms with Gasteiger partial charge in [-0.25, -0.2) is 4.79 Å². The third-order valence-electron chi connectivity index (χ3n) is 4.89. The van der Waals surface area contributed by atoms with Crippen LogP contribution in [0.3, 0.4) is 0 Å². The van der Waals surface area contributed by atoms with Crippen molar-refractivity contribution in [1.29, 1.82) is 0 Å². The van der Waals surface area contributed by atoms with Crippen molar-refractivity contribution < 1.29 is 14.3 Å². The Kier molecular flexibility index (Phi) is 6.30. The summed E-state index contributed by atoms with van der Waals surface area (Å²) in [4.78, 5) is 14.3. The van der Waals surface area contributed by atoms with E-state index >= 15 is 0 Å². The van der Waals surface area contributed by atoms with Crippen molar-refractivity contribution in [1.82, 2.24) is 10.2 Å². The molecule has 0 aromatic carbocycles. The lowest BCUT2D eigenvalue weighted by atomic mass is 9.83. The van der Waals surface area contributed by atoms with Gasteiger partial charge in [-0.15, -0.1) is 0 Å². The van der Waals surface area contributed by atoms with Gasteiger partial charge in [0, 0.05) is 26.3 Å².